The van der Waals surface area contributed by atoms with E-state index in [2.05, 4.69) is 37.2 Å². The molecule has 6 N–H and O–H groups in total. The lowest BCUT2D eigenvalue weighted by Gasteiger charge is -2.28. The zero-order valence-electron chi connectivity index (χ0n) is 23.5. The van der Waals surface area contributed by atoms with Crippen molar-refractivity contribution < 1.29 is 37.0 Å². The third-order valence-corrected chi connectivity index (χ3v) is 11.4. The molecule has 4 aromatic heterocycles. The minimum absolute atomic E-state index is 0.00555. The normalized spacial score (nSPS) is 36.0. The Morgan fingerprint density at radius 2 is 1.96 bits per heavy atom. The molecule has 4 aromatic rings. The van der Waals surface area contributed by atoms with Crippen LogP contribution in [-0.4, -0.2) is 83.7 Å². The summed E-state index contributed by atoms with van der Waals surface area (Å²) in [7, 11) is 1.40. The summed E-state index contributed by atoms with van der Waals surface area (Å²) in [6.07, 6.45) is 0.747. The third-order valence-electron chi connectivity index (χ3n) is 8.20. The number of rotatable bonds is 3. The number of ether oxygens (including phenoxy) is 2. The van der Waals surface area contributed by atoms with Gasteiger partial charge in [0.25, 0.3) is 5.56 Å². The molecule has 3 aliphatic rings. The van der Waals surface area contributed by atoms with Crippen molar-refractivity contribution in [1.29, 1.82) is 0 Å². The standard InChI is InChI=1S/C23H29N9O9P2S2/c1-36-16-14-7-38-42(34,44)40-13-5-11(31-3-2-12-18(24)26-8-27-19(12)31)4-10(13)6-37-43(35,45)41-17(16)22(39-14)32-9-28-15-20(32)29-23(25)30-21(15)33/h2-3,8-11,13-14,16-17,22H,4-7H2,1H3,(H,34,44)(H,35,45)(H2,24,26,27)(H3,25,29,30,33)/t10-,11-,13+,14-,16-,17-,22-,42?,43?/m1/s1. The zero-order chi connectivity index (χ0) is 31.7. The molecule has 9 atom stereocenters. The van der Waals surface area contributed by atoms with Crippen LogP contribution in [0, 0.1) is 5.92 Å². The lowest BCUT2D eigenvalue weighted by Crippen LogP contribution is -2.37. The molecule has 0 aromatic carbocycles. The molecule has 1 aliphatic carbocycles. The largest absolute Gasteiger partial charge is 0.386 e. The Morgan fingerprint density at radius 1 is 1.13 bits per heavy atom. The molecule has 242 valence electrons. The van der Waals surface area contributed by atoms with E-state index in [1.165, 1.54) is 24.3 Å². The van der Waals surface area contributed by atoms with Gasteiger partial charge in [0, 0.05) is 25.3 Å². The Morgan fingerprint density at radius 3 is 2.76 bits per heavy atom. The number of hydrogen-bond acceptors (Lipinski definition) is 15. The van der Waals surface area contributed by atoms with Crippen molar-refractivity contribution in [3.63, 3.8) is 0 Å². The summed E-state index contributed by atoms with van der Waals surface area (Å²) in [6, 6.07) is 1.67. The third kappa shape index (κ3) is 5.82. The highest BCUT2D eigenvalue weighted by molar-refractivity contribution is 8.44. The quantitative estimate of drug-likeness (QED) is 0.151. The smallest absolute Gasteiger partial charge is 0.383 e. The number of nitrogen functional groups attached to an aromatic ring is 2. The van der Waals surface area contributed by atoms with E-state index in [9.17, 15) is 14.3 Å². The minimum Gasteiger partial charge on any atom is -0.383 e. The van der Waals surface area contributed by atoms with Gasteiger partial charge in [-0.1, -0.05) is 12.2 Å². The maximum atomic E-state index is 13.6. The number of fused-ring (bicyclic) bond motifs is 5. The number of thiol groups is 1. The molecule has 2 unspecified atom stereocenters. The summed E-state index contributed by atoms with van der Waals surface area (Å²) in [4.78, 5) is 42.9. The first-order valence-corrected chi connectivity index (χ1v) is 19.0. The van der Waals surface area contributed by atoms with E-state index in [0.29, 0.717) is 29.7 Å². The second-order valence-corrected chi connectivity index (χ2v) is 16.6. The Kier molecular flexibility index (Phi) is 8.06. The van der Waals surface area contributed by atoms with Gasteiger partial charge in [-0.3, -0.25) is 27.9 Å². The van der Waals surface area contributed by atoms with E-state index in [1.54, 1.807) is 0 Å². The highest BCUT2D eigenvalue weighted by Crippen LogP contribution is 2.59. The van der Waals surface area contributed by atoms with Gasteiger partial charge in [-0.25, -0.2) is 19.5 Å². The molecule has 1 saturated carbocycles. The number of nitrogens with two attached hydrogens (primary N) is 2. The number of hydrogen-bond donors (Lipinski definition) is 5. The molecule has 0 amide bonds. The maximum Gasteiger partial charge on any atom is 0.386 e. The molecule has 3 fully saturated rings. The van der Waals surface area contributed by atoms with Crippen molar-refractivity contribution in [1.82, 2.24) is 34.1 Å². The Hall–Kier alpha value is -2.48. The summed E-state index contributed by atoms with van der Waals surface area (Å²) in [5.74, 6) is -0.190. The number of nitrogens with zero attached hydrogens (tertiary/aromatic N) is 6. The van der Waals surface area contributed by atoms with Crippen LogP contribution in [0.3, 0.4) is 0 Å². The number of anilines is 2. The van der Waals surface area contributed by atoms with Crippen LogP contribution < -0.4 is 17.0 Å². The Bertz CT molecular complexity index is 1920. The van der Waals surface area contributed by atoms with Crippen LogP contribution in [-0.2, 0) is 43.9 Å². The van der Waals surface area contributed by atoms with E-state index in [1.807, 2.05) is 16.8 Å². The van der Waals surface area contributed by atoms with Crippen molar-refractivity contribution in [2.24, 2.45) is 5.92 Å². The van der Waals surface area contributed by atoms with E-state index in [-0.39, 0.29) is 36.4 Å². The van der Waals surface area contributed by atoms with Gasteiger partial charge in [0.05, 0.1) is 31.0 Å². The van der Waals surface area contributed by atoms with Crippen LogP contribution in [0.5, 0.6) is 0 Å². The number of imidazole rings is 1. The van der Waals surface area contributed by atoms with Gasteiger partial charge >= 0.3 is 13.5 Å². The van der Waals surface area contributed by atoms with E-state index >= 15 is 0 Å². The molecule has 2 saturated heterocycles. The Balaban J connectivity index is 1.20. The number of nitrogens with one attached hydrogen (secondary N) is 1. The molecule has 6 heterocycles. The number of aromatic nitrogens is 7. The van der Waals surface area contributed by atoms with Gasteiger partial charge in [-0.2, -0.15) is 4.98 Å². The van der Waals surface area contributed by atoms with Crippen molar-refractivity contribution in [3.05, 3.63) is 35.3 Å². The SMILES string of the molecule is CO[C@H]1[C@H]2OP(O)(=S)OC[C@H]3C[C@@H](n4ccc5c(N)ncnc54)C[C@@H]3OP(=O)(S)OC[C@H]1O[C@H]2n1cnc2c(=O)[nH]c(N)nc21. The molecule has 0 spiro atoms. The molecule has 0 radical (unpaired) electrons. The van der Waals surface area contributed by atoms with Crippen LogP contribution in [0.1, 0.15) is 25.1 Å². The first-order chi connectivity index (χ1) is 21.4. The number of methoxy groups -OCH3 is 1. The average Bonchev–Trinajstić information content (AvgIpc) is 3.74. The van der Waals surface area contributed by atoms with E-state index < -0.39 is 55.6 Å². The lowest BCUT2D eigenvalue weighted by atomic mass is 10.1. The molecular formula is C23H29N9O9P2S2. The first kappa shape index (κ1) is 31.1. The lowest BCUT2D eigenvalue weighted by molar-refractivity contribution is -0.0520. The summed E-state index contributed by atoms with van der Waals surface area (Å²) in [5, 5.41) is 0.699. The molecule has 2 bridgehead atoms. The van der Waals surface area contributed by atoms with Crippen molar-refractivity contribution >= 4 is 71.5 Å². The van der Waals surface area contributed by atoms with Gasteiger partial charge in [0.2, 0.25) is 5.95 Å². The predicted octanol–water partition coefficient (Wildman–Crippen LogP) is 1.66. The van der Waals surface area contributed by atoms with Crippen molar-refractivity contribution in [2.45, 2.75) is 49.5 Å². The topological polar surface area (TPSA) is 239 Å². The van der Waals surface area contributed by atoms with Crippen LogP contribution >= 0.6 is 25.8 Å². The van der Waals surface area contributed by atoms with Gasteiger partial charge in [-0.05, 0) is 30.7 Å². The summed E-state index contributed by atoms with van der Waals surface area (Å²) >= 11 is 9.71. The average molecular weight is 702 g/mol. The number of H-pyrrole nitrogens is 1. The molecule has 18 nitrogen and oxygen atoms in total. The van der Waals surface area contributed by atoms with Crippen molar-refractivity contribution in [2.75, 3.05) is 31.8 Å². The Labute approximate surface area is 264 Å². The first-order valence-electron chi connectivity index (χ1n) is 13.7. The van der Waals surface area contributed by atoms with Gasteiger partial charge < -0.3 is 34.9 Å². The molecule has 7 rings (SSSR count). The highest BCUT2D eigenvalue weighted by atomic mass is 32.7. The molecular weight excluding hydrogens is 672 g/mol. The fraction of sp³-hybridized carbons (Fsp3) is 0.522. The molecule has 2 aliphatic heterocycles. The van der Waals surface area contributed by atoms with Gasteiger partial charge in [-0.15, -0.1) is 0 Å². The molecule has 45 heavy (non-hydrogen) atoms. The molecule has 22 heteroatoms. The monoisotopic (exact) mass is 701 g/mol. The van der Waals surface area contributed by atoms with Gasteiger partial charge in [0.1, 0.15) is 36.1 Å². The second kappa shape index (κ2) is 11.6. The van der Waals surface area contributed by atoms with Crippen LogP contribution in [0.4, 0.5) is 11.8 Å². The van der Waals surface area contributed by atoms with Gasteiger partial charge in [0.15, 0.2) is 17.4 Å². The van der Waals surface area contributed by atoms with Crippen LogP contribution in [0.25, 0.3) is 22.2 Å². The summed E-state index contributed by atoms with van der Waals surface area (Å²) in [6.45, 7) is -8.35. The van der Waals surface area contributed by atoms with Crippen LogP contribution in [0.15, 0.2) is 29.7 Å². The maximum absolute atomic E-state index is 13.6. The number of aromatic amines is 1. The summed E-state index contributed by atoms with van der Waals surface area (Å²) < 4.78 is 52.5. The minimum atomic E-state index is -3.98. The fourth-order valence-corrected chi connectivity index (χ4v) is 9.22. The second-order valence-electron chi connectivity index (χ2n) is 10.9. The van der Waals surface area contributed by atoms with Crippen molar-refractivity contribution in [3.8, 4) is 0 Å². The predicted molar refractivity (Wildman–Crippen MR) is 166 cm³/mol. The fourth-order valence-electron chi connectivity index (χ4n) is 6.21. The van der Waals surface area contributed by atoms with E-state index in [0.717, 1.165) is 0 Å². The van der Waals surface area contributed by atoms with E-state index in [4.69, 9.17) is 50.8 Å². The summed E-state index contributed by atoms with van der Waals surface area (Å²) in [5.41, 5.74) is 12.0. The van der Waals surface area contributed by atoms with Crippen LogP contribution in [0.2, 0.25) is 0 Å². The zero-order valence-corrected chi connectivity index (χ0v) is 27.0. The highest BCUT2D eigenvalue weighted by Gasteiger charge is 2.51.